The summed E-state index contributed by atoms with van der Waals surface area (Å²) in [7, 11) is 0. The number of halogens is 1. The number of rotatable bonds is 8. The number of hydrogen-bond donors (Lipinski definition) is 1. The van der Waals surface area contributed by atoms with E-state index in [-0.39, 0.29) is 18.3 Å². The molecule has 0 fully saturated rings. The molecular weight excluding hydrogens is 342 g/mol. The van der Waals surface area contributed by atoms with Gasteiger partial charge >= 0.3 is 0 Å². The number of hydrogen-bond acceptors (Lipinski definition) is 4. The number of nitrogens with one attached hydrogen (secondary N) is 1. The molecule has 2 aromatic heterocycles. The molecule has 3 rings (SSSR count). The predicted molar refractivity (Wildman–Crippen MR) is 93.7 cm³/mol. The van der Waals surface area contributed by atoms with Crippen LogP contribution in [0, 0.1) is 0 Å². The lowest BCUT2D eigenvalue weighted by Crippen LogP contribution is -2.24. The number of carbonyl (C=O) groups excluding carboxylic acids is 1. The minimum absolute atomic E-state index is 0.205. The van der Waals surface area contributed by atoms with Crippen LogP contribution in [-0.4, -0.2) is 22.2 Å². The average Bonchev–Trinajstić information content (AvgIpc) is 3.30. The van der Waals surface area contributed by atoms with Gasteiger partial charge in [0.1, 0.15) is 18.1 Å². The van der Waals surface area contributed by atoms with E-state index >= 15 is 0 Å². The fourth-order valence-corrected chi connectivity index (χ4v) is 2.44. The van der Waals surface area contributed by atoms with E-state index < -0.39 is 0 Å². The van der Waals surface area contributed by atoms with Crippen LogP contribution < -0.4 is 10.1 Å². The van der Waals surface area contributed by atoms with E-state index in [1.165, 1.54) is 0 Å². The Bertz CT molecular complexity index is 815. The van der Waals surface area contributed by atoms with Gasteiger partial charge in [-0.25, -0.2) is 0 Å². The molecular formula is C18H18ClN3O3. The van der Waals surface area contributed by atoms with Crippen molar-refractivity contribution in [2.24, 2.45) is 0 Å². The van der Waals surface area contributed by atoms with Crippen molar-refractivity contribution >= 4 is 17.5 Å². The number of carbonyl (C=O) groups is 1. The molecule has 0 radical (unpaired) electrons. The van der Waals surface area contributed by atoms with Gasteiger partial charge in [0.2, 0.25) is 0 Å². The normalized spacial score (nSPS) is 10.6. The van der Waals surface area contributed by atoms with Gasteiger partial charge in [-0.1, -0.05) is 23.7 Å². The molecule has 0 aliphatic carbocycles. The number of benzene rings is 1. The minimum atomic E-state index is -0.246. The molecule has 1 aromatic carbocycles. The summed E-state index contributed by atoms with van der Waals surface area (Å²) in [6.07, 6.45) is 4.41. The Morgan fingerprint density at radius 1 is 1.24 bits per heavy atom. The number of aromatic nitrogens is 2. The van der Waals surface area contributed by atoms with Crippen molar-refractivity contribution in [1.29, 1.82) is 0 Å². The van der Waals surface area contributed by atoms with Crippen LogP contribution in [0.2, 0.25) is 5.02 Å². The number of para-hydroxylation sites is 1. The van der Waals surface area contributed by atoms with Crippen LogP contribution >= 0.6 is 11.6 Å². The summed E-state index contributed by atoms with van der Waals surface area (Å²) in [5.41, 5.74) is 0. The number of ether oxygens (including phenoxy) is 1. The predicted octanol–water partition coefficient (Wildman–Crippen LogP) is 3.53. The van der Waals surface area contributed by atoms with Crippen LogP contribution in [0.4, 0.5) is 0 Å². The van der Waals surface area contributed by atoms with Crippen LogP contribution in [0.3, 0.4) is 0 Å². The highest BCUT2D eigenvalue weighted by atomic mass is 35.5. The van der Waals surface area contributed by atoms with E-state index in [0.29, 0.717) is 23.1 Å². The summed E-state index contributed by atoms with van der Waals surface area (Å²) in [5.74, 6) is 1.15. The first-order chi connectivity index (χ1) is 12.2. The summed E-state index contributed by atoms with van der Waals surface area (Å²) < 4.78 is 12.9. The van der Waals surface area contributed by atoms with E-state index in [1.807, 2.05) is 29.1 Å². The topological polar surface area (TPSA) is 69.3 Å². The maximum absolute atomic E-state index is 12.1. The highest BCUT2D eigenvalue weighted by Crippen LogP contribution is 2.24. The van der Waals surface area contributed by atoms with Gasteiger partial charge in [0.05, 0.1) is 5.02 Å². The zero-order chi connectivity index (χ0) is 17.5. The van der Waals surface area contributed by atoms with Gasteiger partial charge in [0.25, 0.3) is 5.91 Å². The van der Waals surface area contributed by atoms with Crippen LogP contribution in [0.5, 0.6) is 5.75 Å². The first kappa shape index (κ1) is 17.1. The van der Waals surface area contributed by atoms with Gasteiger partial charge in [-0.3, -0.25) is 9.48 Å². The Balaban J connectivity index is 1.44. The smallest absolute Gasteiger partial charge is 0.286 e. The van der Waals surface area contributed by atoms with Gasteiger partial charge in [-0.2, -0.15) is 5.10 Å². The van der Waals surface area contributed by atoms with Crippen molar-refractivity contribution in [3.05, 3.63) is 71.4 Å². The van der Waals surface area contributed by atoms with E-state index in [1.54, 1.807) is 30.5 Å². The molecule has 2 heterocycles. The highest BCUT2D eigenvalue weighted by Gasteiger charge is 2.11. The molecule has 0 aliphatic rings. The lowest BCUT2D eigenvalue weighted by Gasteiger charge is -2.06. The molecule has 0 aliphatic heterocycles. The maximum atomic E-state index is 12.1. The number of furan rings is 1. The molecule has 0 bridgehead atoms. The third-order valence-corrected chi connectivity index (χ3v) is 3.81. The quantitative estimate of drug-likeness (QED) is 0.625. The summed E-state index contributed by atoms with van der Waals surface area (Å²) in [6.45, 7) is 1.50. The van der Waals surface area contributed by atoms with E-state index in [9.17, 15) is 4.79 Å². The van der Waals surface area contributed by atoms with Crippen molar-refractivity contribution in [2.45, 2.75) is 19.6 Å². The Hall–Kier alpha value is -2.73. The van der Waals surface area contributed by atoms with E-state index in [0.717, 1.165) is 13.0 Å². The van der Waals surface area contributed by atoms with Crippen molar-refractivity contribution < 1.29 is 13.9 Å². The summed E-state index contributed by atoms with van der Waals surface area (Å²) in [4.78, 5) is 12.1. The van der Waals surface area contributed by atoms with Gasteiger partial charge in [-0.05, 0) is 36.8 Å². The Morgan fingerprint density at radius 2 is 2.12 bits per heavy atom. The number of amides is 1. The SMILES string of the molecule is O=C(NCCCn1cccn1)c1ccc(COc2ccccc2Cl)o1. The van der Waals surface area contributed by atoms with Crippen LogP contribution in [0.15, 0.2) is 59.3 Å². The van der Waals surface area contributed by atoms with Crippen molar-refractivity contribution in [3.63, 3.8) is 0 Å². The second kappa shape index (κ2) is 8.39. The number of nitrogens with zero attached hydrogens (tertiary/aromatic N) is 2. The first-order valence-electron chi connectivity index (χ1n) is 7.94. The third-order valence-electron chi connectivity index (χ3n) is 3.50. The van der Waals surface area contributed by atoms with Crippen LogP contribution in [0.25, 0.3) is 0 Å². The van der Waals surface area contributed by atoms with Gasteiger partial charge in [0.15, 0.2) is 5.76 Å². The minimum Gasteiger partial charge on any atom is -0.484 e. The molecule has 25 heavy (non-hydrogen) atoms. The third kappa shape index (κ3) is 4.87. The van der Waals surface area contributed by atoms with E-state index in [4.69, 9.17) is 20.8 Å². The van der Waals surface area contributed by atoms with E-state index in [2.05, 4.69) is 10.4 Å². The Labute approximate surface area is 150 Å². The molecule has 6 nitrogen and oxygen atoms in total. The molecule has 7 heteroatoms. The standard InChI is InChI=1S/C18H18ClN3O3/c19-15-5-1-2-6-16(15)24-13-14-7-8-17(25-14)18(23)20-9-3-11-22-12-4-10-21-22/h1-2,4-8,10,12H,3,9,11,13H2,(H,20,23). The lowest BCUT2D eigenvalue weighted by atomic mass is 10.3. The molecule has 0 saturated carbocycles. The fraction of sp³-hybridized carbons (Fsp3) is 0.222. The summed E-state index contributed by atoms with van der Waals surface area (Å²) in [5, 5.41) is 7.46. The second-order valence-electron chi connectivity index (χ2n) is 5.36. The molecule has 1 N–H and O–H groups in total. The zero-order valence-electron chi connectivity index (χ0n) is 13.5. The largest absolute Gasteiger partial charge is 0.484 e. The van der Waals surface area contributed by atoms with Crippen molar-refractivity contribution in [3.8, 4) is 5.75 Å². The Morgan fingerprint density at radius 3 is 2.92 bits per heavy atom. The lowest BCUT2D eigenvalue weighted by molar-refractivity contribution is 0.0921. The molecule has 0 atom stereocenters. The molecule has 0 saturated heterocycles. The molecule has 0 unspecified atom stereocenters. The van der Waals surface area contributed by atoms with Gasteiger partial charge < -0.3 is 14.5 Å². The molecule has 0 spiro atoms. The second-order valence-corrected chi connectivity index (χ2v) is 5.77. The van der Waals surface area contributed by atoms with Gasteiger partial charge in [0, 0.05) is 25.5 Å². The molecule has 3 aromatic rings. The van der Waals surface area contributed by atoms with Crippen molar-refractivity contribution in [2.75, 3.05) is 6.54 Å². The average molecular weight is 360 g/mol. The van der Waals surface area contributed by atoms with Gasteiger partial charge in [-0.15, -0.1) is 0 Å². The van der Waals surface area contributed by atoms with Crippen LogP contribution in [-0.2, 0) is 13.2 Å². The first-order valence-corrected chi connectivity index (χ1v) is 8.32. The Kier molecular flexibility index (Phi) is 5.74. The maximum Gasteiger partial charge on any atom is 0.286 e. The highest BCUT2D eigenvalue weighted by molar-refractivity contribution is 6.32. The monoisotopic (exact) mass is 359 g/mol. The molecule has 1 amide bonds. The fourth-order valence-electron chi connectivity index (χ4n) is 2.25. The summed E-state index contributed by atoms with van der Waals surface area (Å²) in [6, 6.07) is 12.4. The van der Waals surface area contributed by atoms with Crippen LogP contribution in [0.1, 0.15) is 22.7 Å². The van der Waals surface area contributed by atoms with Crippen molar-refractivity contribution in [1.82, 2.24) is 15.1 Å². The zero-order valence-corrected chi connectivity index (χ0v) is 14.3. The number of aryl methyl sites for hydroxylation is 1. The summed E-state index contributed by atoms with van der Waals surface area (Å²) >= 11 is 6.03. The molecule has 130 valence electrons.